The van der Waals surface area contributed by atoms with E-state index in [4.69, 9.17) is 0 Å². The van der Waals surface area contributed by atoms with Crippen molar-refractivity contribution < 1.29 is 4.92 Å². The van der Waals surface area contributed by atoms with Gasteiger partial charge in [0.1, 0.15) is 17.8 Å². The number of anilines is 2. The molecule has 8 heteroatoms. The van der Waals surface area contributed by atoms with E-state index in [0.717, 1.165) is 49.3 Å². The highest BCUT2D eigenvalue weighted by Crippen LogP contribution is 2.33. The van der Waals surface area contributed by atoms with Crippen molar-refractivity contribution in [3.63, 3.8) is 0 Å². The van der Waals surface area contributed by atoms with Crippen LogP contribution >= 0.6 is 0 Å². The molecule has 24 heavy (non-hydrogen) atoms. The van der Waals surface area contributed by atoms with Gasteiger partial charge in [0, 0.05) is 37.6 Å². The molecular weight excluding hydrogens is 308 g/mol. The molecule has 1 N–H and O–H groups in total. The van der Waals surface area contributed by atoms with Gasteiger partial charge in [-0.2, -0.15) is 0 Å². The molecule has 0 unspecified atom stereocenters. The highest BCUT2D eigenvalue weighted by Gasteiger charge is 2.21. The number of nitro benzene ring substituents is 1. The van der Waals surface area contributed by atoms with Crippen LogP contribution in [0.4, 0.5) is 17.2 Å². The van der Waals surface area contributed by atoms with Gasteiger partial charge in [-0.25, -0.2) is 9.97 Å². The summed E-state index contributed by atoms with van der Waals surface area (Å²) < 4.78 is 0. The van der Waals surface area contributed by atoms with E-state index >= 15 is 0 Å². The molecule has 0 atom stereocenters. The molecule has 0 aliphatic carbocycles. The van der Waals surface area contributed by atoms with Gasteiger partial charge in [-0.1, -0.05) is 0 Å². The van der Waals surface area contributed by atoms with E-state index in [2.05, 4.69) is 32.1 Å². The summed E-state index contributed by atoms with van der Waals surface area (Å²) in [6.07, 6.45) is 2.58. The maximum absolute atomic E-state index is 11.4. The van der Waals surface area contributed by atoms with Crippen molar-refractivity contribution >= 4 is 28.1 Å². The number of fused-ring (bicyclic) bond motifs is 1. The average Bonchev–Trinajstić information content (AvgIpc) is 2.78. The molecular formula is C16H22N6O2. The molecule has 8 nitrogen and oxygen atoms in total. The number of nitrogens with zero attached hydrogens (tertiary/aromatic N) is 5. The fourth-order valence-electron chi connectivity index (χ4n) is 3.07. The summed E-state index contributed by atoms with van der Waals surface area (Å²) >= 11 is 0. The van der Waals surface area contributed by atoms with Crippen LogP contribution in [-0.2, 0) is 0 Å². The third kappa shape index (κ3) is 3.23. The van der Waals surface area contributed by atoms with Crippen molar-refractivity contribution in [2.75, 3.05) is 50.0 Å². The van der Waals surface area contributed by atoms with Crippen molar-refractivity contribution in [1.29, 1.82) is 0 Å². The number of rotatable bonds is 4. The van der Waals surface area contributed by atoms with Gasteiger partial charge in [-0.05, 0) is 33.0 Å². The second kappa shape index (κ2) is 6.96. The molecule has 0 bridgehead atoms. The fraction of sp³-hybridized carbons (Fsp3) is 0.500. The van der Waals surface area contributed by atoms with E-state index in [0.29, 0.717) is 12.2 Å². The molecule has 0 amide bonds. The van der Waals surface area contributed by atoms with Gasteiger partial charge >= 0.3 is 0 Å². The van der Waals surface area contributed by atoms with Crippen LogP contribution in [-0.4, -0.2) is 59.6 Å². The standard InChI is InChI=1S/C16H22N6O2/c1-3-17-14-10-13-12(9-15(14)22(23)24)16(19-11-18-13)21-6-4-5-20(2)7-8-21/h9-11,17H,3-8H2,1-2H3. The first-order valence-corrected chi connectivity index (χ1v) is 8.20. The van der Waals surface area contributed by atoms with Crippen LogP contribution in [0, 0.1) is 10.1 Å². The van der Waals surface area contributed by atoms with E-state index in [9.17, 15) is 10.1 Å². The first-order valence-electron chi connectivity index (χ1n) is 8.20. The molecule has 0 saturated carbocycles. The molecule has 0 spiro atoms. The zero-order valence-electron chi connectivity index (χ0n) is 14.0. The molecule has 1 aliphatic heterocycles. The number of nitro groups is 1. The molecule has 3 rings (SSSR count). The Labute approximate surface area is 140 Å². The minimum absolute atomic E-state index is 0.0624. The Bertz CT molecular complexity index is 751. The zero-order chi connectivity index (χ0) is 17.1. The lowest BCUT2D eigenvalue weighted by atomic mass is 10.1. The van der Waals surface area contributed by atoms with E-state index in [-0.39, 0.29) is 10.6 Å². The Morgan fingerprint density at radius 1 is 1.25 bits per heavy atom. The molecule has 1 aromatic heterocycles. The summed E-state index contributed by atoms with van der Waals surface area (Å²) in [5.41, 5.74) is 1.28. The highest BCUT2D eigenvalue weighted by atomic mass is 16.6. The number of likely N-dealkylation sites (N-methyl/N-ethyl adjacent to an activating group) is 1. The van der Waals surface area contributed by atoms with Gasteiger partial charge in [-0.15, -0.1) is 0 Å². The van der Waals surface area contributed by atoms with Gasteiger partial charge in [0.05, 0.1) is 10.4 Å². The van der Waals surface area contributed by atoms with Crippen molar-refractivity contribution in [2.45, 2.75) is 13.3 Å². The Balaban J connectivity index is 2.08. The maximum Gasteiger partial charge on any atom is 0.293 e. The van der Waals surface area contributed by atoms with Crippen molar-refractivity contribution in [3.8, 4) is 0 Å². The van der Waals surface area contributed by atoms with Gasteiger partial charge in [0.25, 0.3) is 5.69 Å². The van der Waals surface area contributed by atoms with Crippen LogP contribution in [0.2, 0.25) is 0 Å². The van der Waals surface area contributed by atoms with Gasteiger partial charge < -0.3 is 15.1 Å². The second-order valence-corrected chi connectivity index (χ2v) is 6.02. The van der Waals surface area contributed by atoms with Crippen molar-refractivity contribution in [3.05, 3.63) is 28.6 Å². The van der Waals surface area contributed by atoms with Gasteiger partial charge in [-0.3, -0.25) is 10.1 Å². The second-order valence-electron chi connectivity index (χ2n) is 6.02. The summed E-state index contributed by atoms with van der Waals surface area (Å²) in [5.74, 6) is 0.779. The van der Waals surface area contributed by atoms with Crippen LogP contribution in [0.15, 0.2) is 18.5 Å². The Morgan fingerprint density at radius 3 is 2.83 bits per heavy atom. The van der Waals surface area contributed by atoms with Crippen LogP contribution in [0.5, 0.6) is 0 Å². The molecule has 1 aromatic carbocycles. The molecule has 2 aromatic rings. The van der Waals surface area contributed by atoms with Gasteiger partial charge in [0.2, 0.25) is 0 Å². The van der Waals surface area contributed by atoms with Crippen LogP contribution in [0.1, 0.15) is 13.3 Å². The first kappa shape index (κ1) is 16.4. The summed E-state index contributed by atoms with van der Waals surface area (Å²) in [4.78, 5) is 24.3. The van der Waals surface area contributed by atoms with Crippen LogP contribution < -0.4 is 10.2 Å². The largest absolute Gasteiger partial charge is 0.380 e. The van der Waals surface area contributed by atoms with E-state index < -0.39 is 0 Å². The summed E-state index contributed by atoms with van der Waals surface area (Å²) in [5, 5.41) is 15.2. The van der Waals surface area contributed by atoms with E-state index in [1.807, 2.05) is 6.92 Å². The monoisotopic (exact) mass is 330 g/mol. The summed E-state index contributed by atoms with van der Waals surface area (Å²) in [6.45, 7) is 6.26. The molecule has 0 radical (unpaired) electrons. The lowest BCUT2D eigenvalue weighted by molar-refractivity contribution is -0.383. The number of aromatic nitrogens is 2. The van der Waals surface area contributed by atoms with Crippen molar-refractivity contribution in [2.24, 2.45) is 0 Å². The Morgan fingerprint density at radius 2 is 2.08 bits per heavy atom. The molecule has 1 fully saturated rings. The van der Waals surface area contributed by atoms with Crippen LogP contribution in [0.25, 0.3) is 10.9 Å². The first-order chi connectivity index (χ1) is 11.6. The third-order valence-electron chi connectivity index (χ3n) is 4.31. The van der Waals surface area contributed by atoms with E-state index in [1.54, 1.807) is 12.1 Å². The average molecular weight is 330 g/mol. The smallest absolute Gasteiger partial charge is 0.293 e. The Hall–Kier alpha value is -2.48. The highest BCUT2D eigenvalue weighted by molar-refractivity contribution is 5.94. The quantitative estimate of drug-likeness (QED) is 0.678. The maximum atomic E-state index is 11.4. The lowest BCUT2D eigenvalue weighted by Gasteiger charge is -2.22. The normalized spacial score (nSPS) is 16.2. The fourth-order valence-corrected chi connectivity index (χ4v) is 3.07. The third-order valence-corrected chi connectivity index (χ3v) is 4.31. The zero-order valence-corrected chi connectivity index (χ0v) is 14.0. The molecule has 1 saturated heterocycles. The molecule has 1 aliphatic rings. The Kier molecular flexibility index (Phi) is 4.75. The topological polar surface area (TPSA) is 87.4 Å². The van der Waals surface area contributed by atoms with Gasteiger partial charge in [0.15, 0.2) is 0 Å². The predicted molar refractivity (Wildman–Crippen MR) is 94.7 cm³/mol. The minimum atomic E-state index is -0.357. The lowest BCUT2D eigenvalue weighted by Crippen LogP contribution is -2.29. The number of nitrogens with one attached hydrogen (secondary N) is 1. The molecule has 128 valence electrons. The predicted octanol–water partition coefficient (Wildman–Crippen LogP) is 2.11. The number of hydrogen-bond acceptors (Lipinski definition) is 7. The molecule has 2 heterocycles. The SMILES string of the molecule is CCNc1cc2ncnc(N3CCCN(C)CC3)c2cc1[N+](=O)[O-]. The summed E-state index contributed by atoms with van der Waals surface area (Å²) in [7, 11) is 2.11. The van der Waals surface area contributed by atoms with Crippen LogP contribution in [0.3, 0.4) is 0 Å². The van der Waals surface area contributed by atoms with Crippen molar-refractivity contribution in [1.82, 2.24) is 14.9 Å². The van der Waals surface area contributed by atoms with E-state index in [1.165, 1.54) is 6.33 Å². The summed E-state index contributed by atoms with van der Waals surface area (Å²) in [6, 6.07) is 3.34. The minimum Gasteiger partial charge on any atom is -0.380 e. The number of hydrogen-bond donors (Lipinski definition) is 1. The number of benzene rings is 1.